The molecule has 2 heterocycles. The monoisotopic (exact) mass is 443 g/mol. The molecule has 1 saturated heterocycles. The zero-order valence-electron chi connectivity index (χ0n) is 16.9. The molecule has 8 heteroatoms. The number of likely N-dealkylation sites (tertiary alicyclic amines) is 1. The summed E-state index contributed by atoms with van der Waals surface area (Å²) in [6.45, 7) is 4.22. The number of sulfonamides is 1. The Morgan fingerprint density at radius 3 is 2.47 bits per heavy atom. The summed E-state index contributed by atoms with van der Waals surface area (Å²) in [6, 6.07) is 16.7. The molecule has 0 aromatic heterocycles. The van der Waals surface area contributed by atoms with Crippen LogP contribution >= 0.6 is 11.8 Å². The third-order valence-corrected chi connectivity index (χ3v) is 7.90. The van der Waals surface area contributed by atoms with Crippen molar-refractivity contribution in [2.75, 3.05) is 23.7 Å². The number of para-hydroxylation sites is 1. The van der Waals surface area contributed by atoms with Gasteiger partial charge in [0.1, 0.15) is 4.90 Å². The van der Waals surface area contributed by atoms with E-state index in [1.165, 1.54) is 11.8 Å². The van der Waals surface area contributed by atoms with Crippen LogP contribution in [0.15, 0.2) is 63.9 Å². The summed E-state index contributed by atoms with van der Waals surface area (Å²) in [5.74, 6) is 0.855. The molecule has 0 bridgehead atoms. The number of benzene rings is 2. The van der Waals surface area contributed by atoms with Crippen LogP contribution in [-0.4, -0.2) is 43.2 Å². The van der Waals surface area contributed by atoms with E-state index in [2.05, 4.69) is 11.3 Å². The molecular formula is C22H25N3O3S2. The van der Waals surface area contributed by atoms with Crippen LogP contribution in [0.1, 0.15) is 25.3 Å². The van der Waals surface area contributed by atoms with E-state index in [0.717, 1.165) is 31.5 Å². The van der Waals surface area contributed by atoms with Crippen molar-refractivity contribution in [1.82, 2.24) is 4.90 Å². The maximum Gasteiger partial charge on any atom is 0.286 e. The molecule has 2 aromatic rings. The second-order valence-electron chi connectivity index (χ2n) is 7.74. The van der Waals surface area contributed by atoms with Gasteiger partial charge in [0.05, 0.1) is 18.0 Å². The molecule has 6 nitrogen and oxygen atoms in total. The summed E-state index contributed by atoms with van der Waals surface area (Å²) < 4.78 is 29.6. The average Bonchev–Trinajstić information content (AvgIpc) is 2.75. The van der Waals surface area contributed by atoms with Gasteiger partial charge < -0.3 is 9.80 Å². The van der Waals surface area contributed by atoms with E-state index in [1.54, 1.807) is 18.2 Å². The van der Waals surface area contributed by atoms with Gasteiger partial charge in [-0.25, -0.2) is 0 Å². The molecule has 2 aromatic carbocycles. The third kappa shape index (κ3) is 4.54. The SMILES string of the molecule is CC1CCN(C(=O)CSC2=NS(=O)(=O)c3ccccc3N2Cc2ccccc2)CC1. The highest BCUT2D eigenvalue weighted by Gasteiger charge is 2.32. The van der Waals surface area contributed by atoms with E-state index in [-0.39, 0.29) is 16.6 Å². The first-order valence-corrected chi connectivity index (χ1v) is 12.5. The van der Waals surface area contributed by atoms with Crippen LogP contribution in [-0.2, 0) is 21.4 Å². The molecule has 0 unspecified atom stereocenters. The van der Waals surface area contributed by atoms with Crippen LogP contribution in [0.2, 0.25) is 0 Å². The van der Waals surface area contributed by atoms with Crippen molar-refractivity contribution in [3.05, 3.63) is 60.2 Å². The zero-order valence-corrected chi connectivity index (χ0v) is 18.5. The van der Waals surface area contributed by atoms with E-state index >= 15 is 0 Å². The molecule has 2 aliphatic rings. The van der Waals surface area contributed by atoms with Crippen LogP contribution in [0.5, 0.6) is 0 Å². The largest absolute Gasteiger partial charge is 0.342 e. The summed E-state index contributed by atoms with van der Waals surface area (Å²) in [5.41, 5.74) is 1.63. The quantitative estimate of drug-likeness (QED) is 0.720. The zero-order chi connectivity index (χ0) is 21.1. The van der Waals surface area contributed by atoms with Crippen molar-refractivity contribution in [3.63, 3.8) is 0 Å². The van der Waals surface area contributed by atoms with Crippen LogP contribution in [0, 0.1) is 5.92 Å². The number of carbonyl (C=O) groups is 1. The summed E-state index contributed by atoms with van der Waals surface area (Å²) in [5, 5.41) is 0.344. The molecule has 0 saturated carbocycles. The van der Waals surface area contributed by atoms with E-state index < -0.39 is 10.0 Å². The van der Waals surface area contributed by atoms with Gasteiger partial charge in [-0.3, -0.25) is 4.79 Å². The van der Waals surface area contributed by atoms with Crippen LogP contribution in [0.4, 0.5) is 5.69 Å². The lowest BCUT2D eigenvalue weighted by Crippen LogP contribution is -2.40. The summed E-state index contributed by atoms with van der Waals surface area (Å²) >= 11 is 1.20. The Bertz CT molecular complexity index is 1050. The van der Waals surface area contributed by atoms with Gasteiger partial charge in [-0.2, -0.15) is 8.42 Å². The van der Waals surface area contributed by atoms with Gasteiger partial charge in [0.15, 0.2) is 5.17 Å². The van der Waals surface area contributed by atoms with Crippen molar-refractivity contribution in [2.45, 2.75) is 31.2 Å². The van der Waals surface area contributed by atoms with E-state index in [1.807, 2.05) is 46.2 Å². The van der Waals surface area contributed by atoms with E-state index in [4.69, 9.17) is 0 Å². The van der Waals surface area contributed by atoms with Crippen molar-refractivity contribution < 1.29 is 13.2 Å². The number of piperidine rings is 1. The van der Waals surface area contributed by atoms with Crippen molar-refractivity contribution in [1.29, 1.82) is 0 Å². The summed E-state index contributed by atoms with van der Waals surface area (Å²) in [4.78, 5) is 16.7. The Kier molecular flexibility index (Phi) is 6.15. The fraction of sp³-hybridized carbons (Fsp3) is 0.364. The normalized spacial score (nSPS) is 18.6. The van der Waals surface area contributed by atoms with Crippen LogP contribution in [0.3, 0.4) is 0 Å². The number of amidine groups is 1. The van der Waals surface area contributed by atoms with Gasteiger partial charge in [0.2, 0.25) is 5.91 Å². The molecule has 0 atom stereocenters. The van der Waals surface area contributed by atoms with Crippen molar-refractivity contribution in [3.8, 4) is 0 Å². The molecule has 1 amide bonds. The summed E-state index contributed by atoms with van der Waals surface area (Å²) in [7, 11) is -3.80. The number of hydrogen-bond donors (Lipinski definition) is 0. The second-order valence-corrected chi connectivity index (χ2v) is 10.3. The number of anilines is 1. The Hall–Kier alpha value is -2.32. The fourth-order valence-electron chi connectivity index (χ4n) is 3.70. The lowest BCUT2D eigenvalue weighted by atomic mass is 9.99. The van der Waals surface area contributed by atoms with Gasteiger partial charge >= 0.3 is 0 Å². The minimum absolute atomic E-state index is 0.0329. The first-order chi connectivity index (χ1) is 14.4. The molecular weight excluding hydrogens is 418 g/mol. The molecule has 0 radical (unpaired) electrons. The predicted molar refractivity (Wildman–Crippen MR) is 121 cm³/mol. The maximum atomic E-state index is 12.7. The Labute approximate surface area is 182 Å². The molecule has 2 aliphatic heterocycles. The molecule has 0 N–H and O–H groups in total. The lowest BCUT2D eigenvalue weighted by molar-refractivity contribution is -0.129. The number of thioether (sulfide) groups is 1. The van der Waals surface area contributed by atoms with Gasteiger partial charge in [-0.15, -0.1) is 4.40 Å². The highest BCUT2D eigenvalue weighted by atomic mass is 32.2. The smallest absolute Gasteiger partial charge is 0.286 e. The Morgan fingerprint density at radius 1 is 1.07 bits per heavy atom. The molecule has 0 spiro atoms. The molecule has 1 fully saturated rings. The Balaban J connectivity index is 1.57. The number of amides is 1. The average molecular weight is 444 g/mol. The number of carbonyl (C=O) groups excluding carboxylic acids is 1. The van der Waals surface area contributed by atoms with Crippen molar-refractivity contribution in [2.24, 2.45) is 10.3 Å². The standard InChI is InChI=1S/C22H25N3O3S2/c1-17-11-13-24(14-12-17)21(26)16-29-22-23-30(27,28)20-10-6-5-9-19(20)25(22)15-18-7-3-2-4-8-18/h2-10,17H,11-16H2,1H3. The Morgan fingerprint density at radius 2 is 1.73 bits per heavy atom. The number of nitrogens with zero attached hydrogens (tertiary/aromatic N) is 3. The van der Waals surface area contributed by atoms with E-state index in [0.29, 0.717) is 23.3 Å². The number of fused-ring (bicyclic) bond motifs is 1. The first kappa shape index (κ1) is 20.9. The maximum absolute atomic E-state index is 12.7. The molecule has 158 valence electrons. The van der Waals surface area contributed by atoms with Gasteiger partial charge in [0.25, 0.3) is 10.0 Å². The highest BCUT2D eigenvalue weighted by Crippen LogP contribution is 2.35. The predicted octanol–water partition coefficient (Wildman–Crippen LogP) is 3.74. The molecule has 4 rings (SSSR count). The van der Waals surface area contributed by atoms with Gasteiger partial charge in [-0.1, -0.05) is 61.2 Å². The third-order valence-electron chi connectivity index (χ3n) is 5.51. The van der Waals surface area contributed by atoms with Crippen molar-refractivity contribution >= 4 is 38.5 Å². The fourth-order valence-corrected chi connectivity index (χ4v) is 6.06. The van der Waals surface area contributed by atoms with Gasteiger partial charge in [-0.05, 0) is 36.5 Å². The molecule has 0 aliphatic carbocycles. The molecule has 30 heavy (non-hydrogen) atoms. The van der Waals surface area contributed by atoms with Crippen LogP contribution in [0.25, 0.3) is 0 Å². The van der Waals surface area contributed by atoms with Crippen LogP contribution < -0.4 is 4.90 Å². The number of rotatable bonds is 4. The summed E-state index contributed by atoms with van der Waals surface area (Å²) in [6.07, 6.45) is 2.03. The highest BCUT2D eigenvalue weighted by molar-refractivity contribution is 8.15. The topological polar surface area (TPSA) is 70.0 Å². The first-order valence-electron chi connectivity index (χ1n) is 10.1. The second kappa shape index (κ2) is 8.81. The number of hydrogen-bond acceptors (Lipinski definition) is 5. The van der Waals surface area contributed by atoms with E-state index in [9.17, 15) is 13.2 Å². The minimum atomic E-state index is -3.80. The van der Waals surface area contributed by atoms with Gasteiger partial charge in [0, 0.05) is 13.1 Å². The lowest BCUT2D eigenvalue weighted by Gasteiger charge is -2.32. The minimum Gasteiger partial charge on any atom is -0.342 e.